The van der Waals surface area contributed by atoms with Gasteiger partial charge in [-0.25, -0.2) is 4.52 Å². The lowest BCUT2D eigenvalue weighted by Gasteiger charge is -2.02. The van der Waals surface area contributed by atoms with Crippen molar-refractivity contribution in [2.24, 2.45) is 5.92 Å². The average Bonchev–Trinajstić information content (AvgIpc) is 3.08. The summed E-state index contributed by atoms with van der Waals surface area (Å²) in [6.45, 7) is 2.33. The van der Waals surface area contributed by atoms with Crippen molar-refractivity contribution in [3.63, 3.8) is 0 Å². The number of nitrogens with one attached hydrogen (secondary N) is 1. The van der Waals surface area contributed by atoms with Crippen LogP contribution >= 0.6 is 15.9 Å². The highest BCUT2D eigenvalue weighted by Crippen LogP contribution is 2.28. The van der Waals surface area contributed by atoms with Crippen molar-refractivity contribution in [1.82, 2.24) is 14.6 Å². The number of anilines is 1. The summed E-state index contributed by atoms with van der Waals surface area (Å²) in [6, 6.07) is 3.88. The Morgan fingerprint density at radius 1 is 1.50 bits per heavy atom. The monoisotopic (exact) mass is 310 g/mol. The van der Waals surface area contributed by atoms with Crippen LogP contribution in [0.25, 0.3) is 5.65 Å². The van der Waals surface area contributed by atoms with Gasteiger partial charge in [-0.05, 0) is 46.8 Å². The third kappa shape index (κ3) is 2.81. The van der Waals surface area contributed by atoms with Crippen molar-refractivity contribution in [3.05, 3.63) is 22.8 Å². The molecule has 2 aromatic rings. The predicted molar refractivity (Wildman–Crippen MR) is 72.7 cm³/mol. The Bertz CT molecular complexity index is 538. The van der Waals surface area contributed by atoms with Crippen molar-refractivity contribution in [2.75, 3.05) is 25.1 Å². The summed E-state index contributed by atoms with van der Waals surface area (Å²) in [7, 11) is 0. The summed E-state index contributed by atoms with van der Waals surface area (Å²) in [5.41, 5.74) is 0.818. The Morgan fingerprint density at radius 3 is 3.17 bits per heavy atom. The van der Waals surface area contributed by atoms with Gasteiger partial charge in [-0.15, -0.1) is 5.10 Å². The maximum absolute atomic E-state index is 5.54. The Balaban J connectivity index is 1.52. The minimum atomic E-state index is 0.636. The van der Waals surface area contributed by atoms with Gasteiger partial charge in [0.1, 0.15) is 0 Å². The second kappa shape index (κ2) is 5.24. The second-order valence-corrected chi connectivity index (χ2v) is 5.36. The topological polar surface area (TPSA) is 51.5 Å². The first-order valence-corrected chi connectivity index (χ1v) is 6.95. The largest absolute Gasteiger partial charge is 0.379 e. The first-order valence-electron chi connectivity index (χ1n) is 6.15. The molecule has 0 amide bonds. The summed E-state index contributed by atoms with van der Waals surface area (Å²) in [5.74, 6) is 1.45. The normalized spacial score (nSPS) is 15.2. The highest BCUT2D eigenvalue weighted by Gasteiger charge is 2.20. The number of hydrogen-bond acceptors (Lipinski definition) is 4. The molecule has 18 heavy (non-hydrogen) atoms. The maximum Gasteiger partial charge on any atom is 0.243 e. The van der Waals surface area contributed by atoms with Crippen molar-refractivity contribution in [2.45, 2.75) is 12.8 Å². The van der Waals surface area contributed by atoms with E-state index >= 15 is 0 Å². The van der Waals surface area contributed by atoms with E-state index in [9.17, 15) is 0 Å². The molecule has 0 unspecified atom stereocenters. The van der Waals surface area contributed by atoms with Crippen molar-refractivity contribution in [1.29, 1.82) is 0 Å². The van der Waals surface area contributed by atoms with E-state index in [2.05, 4.69) is 31.3 Å². The minimum absolute atomic E-state index is 0.636. The predicted octanol–water partition coefficient (Wildman–Crippen LogP) is 2.33. The Labute approximate surface area is 114 Å². The minimum Gasteiger partial charge on any atom is -0.379 e. The van der Waals surface area contributed by atoms with Crippen molar-refractivity contribution < 1.29 is 4.74 Å². The summed E-state index contributed by atoms with van der Waals surface area (Å²) < 4.78 is 8.23. The Morgan fingerprint density at radius 2 is 2.39 bits per heavy atom. The molecule has 1 saturated carbocycles. The molecule has 1 aliphatic carbocycles. The Kier molecular flexibility index (Phi) is 3.47. The Hall–Kier alpha value is -1.14. The summed E-state index contributed by atoms with van der Waals surface area (Å²) in [5, 5.41) is 7.49. The zero-order valence-electron chi connectivity index (χ0n) is 9.97. The van der Waals surface area contributed by atoms with Crippen LogP contribution < -0.4 is 5.32 Å². The van der Waals surface area contributed by atoms with Gasteiger partial charge < -0.3 is 10.1 Å². The van der Waals surface area contributed by atoms with E-state index in [1.807, 2.05) is 18.3 Å². The average molecular weight is 311 g/mol. The molecule has 1 aliphatic rings. The molecule has 2 heterocycles. The van der Waals surface area contributed by atoms with E-state index in [1.165, 1.54) is 12.8 Å². The number of hydrogen-bond donors (Lipinski definition) is 1. The smallest absolute Gasteiger partial charge is 0.243 e. The molecule has 5 nitrogen and oxygen atoms in total. The summed E-state index contributed by atoms with van der Waals surface area (Å²) >= 11 is 3.45. The number of fused-ring (bicyclic) bond motifs is 1. The number of halogens is 1. The van der Waals surface area contributed by atoms with Crippen molar-refractivity contribution >= 4 is 27.5 Å². The van der Waals surface area contributed by atoms with Crippen LogP contribution in [0.3, 0.4) is 0 Å². The van der Waals surface area contributed by atoms with Gasteiger partial charge in [0.05, 0.1) is 11.1 Å². The molecule has 0 radical (unpaired) electrons. The lowest BCUT2D eigenvalue weighted by Crippen LogP contribution is -2.11. The van der Waals surface area contributed by atoms with E-state index in [4.69, 9.17) is 4.74 Å². The highest BCUT2D eigenvalue weighted by atomic mass is 79.9. The van der Waals surface area contributed by atoms with Gasteiger partial charge in [-0.3, -0.25) is 0 Å². The molecule has 0 saturated heterocycles. The molecule has 2 aromatic heterocycles. The second-order valence-electron chi connectivity index (χ2n) is 4.50. The van der Waals surface area contributed by atoms with E-state index in [-0.39, 0.29) is 0 Å². The van der Waals surface area contributed by atoms with Gasteiger partial charge in [0.15, 0.2) is 5.65 Å². The number of aromatic nitrogens is 3. The third-order valence-corrected chi connectivity index (χ3v) is 3.51. The van der Waals surface area contributed by atoms with Gasteiger partial charge in [0.25, 0.3) is 0 Å². The van der Waals surface area contributed by atoms with Crippen LogP contribution in [0.15, 0.2) is 22.8 Å². The first-order chi connectivity index (χ1) is 8.83. The molecular weight excluding hydrogens is 296 g/mol. The quantitative estimate of drug-likeness (QED) is 0.832. The van der Waals surface area contributed by atoms with E-state index < -0.39 is 0 Å². The summed E-state index contributed by atoms with van der Waals surface area (Å²) in [4.78, 5) is 4.40. The number of rotatable bonds is 6. The molecule has 3 rings (SSSR count). The molecule has 0 atom stereocenters. The molecular formula is C12H15BrN4O. The first kappa shape index (κ1) is 11.9. The van der Waals surface area contributed by atoms with Crippen LogP contribution in [0.1, 0.15) is 12.8 Å². The van der Waals surface area contributed by atoms with E-state index in [0.29, 0.717) is 12.6 Å². The molecule has 0 bridgehead atoms. The van der Waals surface area contributed by atoms with Crippen LogP contribution in [-0.4, -0.2) is 34.4 Å². The molecule has 6 heteroatoms. The molecule has 96 valence electrons. The van der Waals surface area contributed by atoms with Gasteiger partial charge in [0, 0.05) is 19.3 Å². The lowest BCUT2D eigenvalue weighted by atomic mass is 10.5. The fraction of sp³-hybridized carbons (Fsp3) is 0.500. The zero-order chi connectivity index (χ0) is 12.4. The van der Waals surface area contributed by atoms with Crippen LogP contribution in [0.4, 0.5) is 5.95 Å². The SMILES string of the molecule is Brc1cccn2nc(NCCOCC3CC3)nc12. The van der Waals surface area contributed by atoms with Crippen LogP contribution in [-0.2, 0) is 4.74 Å². The number of pyridine rings is 1. The lowest BCUT2D eigenvalue weighted by molar-refractivity contribution is 0.133. The molecule has 0 spiro atoms. The van der Waals surface area contributed by atoms with Crippen LogP contribution in [0, 0.1) is 5.92 Å². The van der Waals surface area contributed by atoms with E-state index in [1.54, 1.807) is 4.52 Å². The van der Waals surface area contributed by atoms with E-state index in [0.717, 1.165) is 29.2 Å². The molecule has 0 aliphatic heterocycles. The van der Waals surface area contributed by atoms with Crippen LogP contribution in [0.2, 0.25) is 0 Å². The highest BCUT2D eigenvalue weighted by molar-refractivity contribution is 9.10. The molecule has 1 fully saturated rings. The third-order valence-electron chi connectivity index (χ3n) is 2.89. The van der Waals surface area contributed by atoms with Gasteiger partial charge >= 0.3 is 0 Å². The van der Waals surface area contributed by atoms with Gasteiger partial charge in [-0.2, -0.15) is 4.98 Å². The number of ether oxygens (including phenoxy) is 1. The van der Waals surface area contributed by atoms with Gasteiger partial charge in [-0.1, -0.05) is 0 Å². The van der Waals surface area contributed by atoms with Crippen molar-refractivity contribution in [3.8, 4) is 0 Å². The summed E-state index contributed by atoms with van der Waals surface area (Å²) in [6.07, 6.45) is 4.53. The molecule has 0 aromatic carbocycles. The van der Waals surface area contributed by atoms with Crippen LogP contribution in [0.5, 0.6) is 0 Å². The maximum atomic E-state index is 5.54. The fourth-order valence-electron chi connectivity index (χ4n) is 1.72. The number of nitrogens with zero attached hydrogens (tertiary/aromatic N) is 3. The standard InChI is InChI=1S/C12H15BrN4O/c13-10-2-1-6-17-11(10)15-12(16-17)14-5-7-18-8-9-3-4-9/h1-2,6,9H,3-5,7-8H2,(H,14,16). The molecule has 1 N–H and O–H groups in total. The zero-order valence-corrected chi connectivity index (χ0v) is 11.6. The fourth-order valence-corrected chi connectivity index (χ4v) is 2.14. The van der Waals surface area contributed by atoms with Gasteiger partial charge in [0.2, 0.25) is 5.95 Å².